The fourth-order valence-electron chi connectivity index (χ4n) is 0.303. The number of rotatable bonds is 2. The van der Waals surface area contributed by atoms with Crippen LogP contribution in [-0.2, 0) is 9.53 Å². The van der Waals surface area contributed by atoms with Crippen molar-refractivity contribution in [3.05, 3.63) is 0 Å². The van der Waals surface area contributed by atoms with Crippen LogP contribution in [-0.4, -0.2) is 24.3 Å². The molecule has 8 heavy (non-hydrogen) atoms. The van der Waals surface area contributed by atoms with E-state index in [1.165, 1.54) is 7.11 Å². The molecular formula is C5H10O3. The van der Waals surface area contributed by atoms with Gasteiger partial charge in [-0.3, -0.25) is 0 Å². The molecule has 0 aromatic rings. The maximum absolute atomic E-state index is 10.3. The predicted octanol–water partition coefficient (Wildman–Crippen LogP) is -0.0697. The smallest absolute Gasteiger partial charge is 0.334 e. The molecule has 0 aromatic carbocycles. The normalized spacial score (nSPS) is 12.9. The average molecular weight is 118 g/mol. The van der Waals surface area contributed by atoms with Crippen molar-refractivity contribution in [3.8, 4) is 0 Å². The Kier molecular flexibility index (Phi) is 3.19. The molecular weight excluding hydrogens is 108 g/mol. The summed E-state index contributed by atoms with van der Waals surface area (Å²) in [4.78, 5) is 10.3. The highest BCUT2D eigenvalue weighted by molar-refractivity contribution is 5.73. The number of esters is 1. The topological polar surface area (TPSA) is 46.5 Å². The van der Waals surface area contributed by atoms with E-state index in [1.807, 2.05) is 0 Å². The SMILES string of the molecule is CC[C@H](O)C(=O)OC. The van der Waals surface area contributed by atoms with Crippen LogP contribution in [0.5, 0.6) is 0 Å². The minimum atomic E-state index is -0.944. The number of carbonyl (C=O) groups is 1. The Morgan fingerprint density at radius 1 is 1.88 bits per heavy atom. The van der Waals surface area contributed by atoms with Gasteiger partial charge < -0.3 is 9.84 Å². The second-order valence-corrected chi connectivity index (χ2v) is 1.45. The molecule has 3 nitrogen and oxygen atoms in total. The van der Waals surface area contributed by atoms with E-state index in [0.29, 0.717) is 6.42 Å². The van der Waals surface area contributed by atoms with E-state index in [1.54, 1.807) is 6.92 Å². The van der Waals surface area contributed by atoms with Crippen molar-refractivity contribution in [2.45, 2.75) is 19.4 Å². The molecule has 0 heterocycles. The van der Waals surface area contributed by atoms with Crippen molar-refractivity contribution >= 4 is 5.97 Å². The van der Waals surface area contributed by atoms with Crippen LogP contribution in [0, 0.1) is 0 Å². The van der Waals surface area contributed by atoms with Crippen molar-refractivity contribution in [2.24, 2.45) is 0 Å². The molecule has 0 spiro atoms. The monoisotopic (exact) mass is 118 g/mol. The van der Waals surface area contributed by atoms with E-state index < -0.39 is 12.1 Å². The van der Waals surface area contributed by atoms with E-state index in [-0.39, 0.29) is 0 Å². The van der Waals surface area contributed by atoms with Crippen LogP contribution in [0.1, 0.15) is 13.3 Å². The van der Waals surface area contributed by atoms with Crippen molar-refractivity contribution in [1.29, 1.82) is 0 Å². The van der Waals surface area contributed by atoms with Gasteiger partial charge in [0.25, 0.3) is 0 Å². The lowest BCUT2D eigenvalue weighted by Gasteiger charge is -2.01. The van der Waals surface area contributed by atoms with E-state index in [2.05, 4.69) is 4.74 Å². The molecule has 1 N–H and O–H groups in total. The van der Waals surface area contributed by atoms with Gasteiger partial charge in [0.2, 0.25) is 0 Å². The van der Waals surface area contributed by atoms with Crippen LogP contribution in [0.4, 0.5) is 0 Å². The van der Waals surface area contributed by atoms with Gasteiger partial charge in [0, 0.05) is 0 Å². The summed E-state index contributed by atoms with van der Waals surface area (Å²) < 4.78 is 4.21. The van der Waals surface area contributed by atoms with Crippen molar-refractivity contribution in [3.63, 3.8) is 0 Å². The number of hydrogen-bond acceptors (Lipinski definition) is 3. The molecule has 1 atom stereocenters. The van der Waals surface area contributed by atoms with E-state index in [4.69, 9.17) is 5.11 Å². The van der Waals surface area contributed by atoms with Gasteiger partial charge in [-0.15, -0.1) is 0 Å². The highest BCUT2D eigenvalue weighted by Crippen LogP contribution is 1.90. The molecule has 0 radical (unpaired) electrons. The second-order valence-electron chi connectivity index (χ2n) is 1.45. The number of aliphatic hydroxyl groups is 1. The zero-order chi connectivity index (χ0) is 6.57. The Hall–Kier alpha value is -0.570. The third kappa shape index (κ3) is 1.93. The number of carbonyl (C=O) groups excluding carboxylic acids is 1. The summed E-state index contributed by atoms with van der Waals surface area (Å²) in [6.45, 7) is 1.71. The van der Waals surface area contributed by atoms with Crippen molar-refractivity contribution < 1.29 is 14.6 Å². The Balaban J connectivity index is 3.46. The van der Waals surface area contributed by atoms with Crippen LogP contribution >= 0.6 is 0 Å². The van der Waals surface area contributed by atoms with Gasteiger partial charge in [-0.05, 0) is 6.42 Å². The molecule has 0 amide bonds. The first-order valence-corrected chi connectivity index (χ1v) is 2.48. The summed E-state index contributed by atoms with van der Waals surface area (Å²) in [5, 5.41) is 8.65. The average Bonchev–Trinajstić information content (AvgIpc) is 1.84. The summed E-state index contributed by atoms with van der Waals surface area (Å²) in [6.07, 6.45) is -0.535. The lowest BCUT2D eigenvalue weighted by atomic mass is 10.3. The lowest BCUT2D eigenvalue weighted by Crippen LogP contribution is -2.20. The maximum atomic E-state index is 10.3. The van der Waals surface area contributed by atoms with Crippen LogP contribution in [0.2, 0.25) is 0 Å². The van der Waals surface area contributed by atoms with Gasteiger partial charge in [-0.1, -0.05) is 6.92 Å². The van der Waals surface area contributed by atoms with Crippen molar-refractivity contribution in [1.82, 2.24) is 0 Å². The molecule has 48 valence electrons. The molecule has 0 unspecified atom stereocenters. The van der Waals surface area contributed by atoms with E-state index >= 15 is 0 Å². The highest BCUT2D eigenvalue weighted by atomic mass is 16.5. The first kappa shape index (κ1) is 7.43. The molecule has 0 aliphatic carbocycles. The molecule has 0 saturated heterocycles. The number of methoxy groups -OCH3 is 1. The molecule has 0 fully saturated rings. The summed E-state index contributed by atoms with van der Waals surface area (Å²) in [5.74, 6) is -0.563. The Labute approximate surface area is 48.3 Å². The zero-order valence-electron chi connectivity index (χ0n) is 5.05. The van der Waals surface area contributed by atoms with Crippen LogP contribution < -0.4 is 0 Å². The van der Waals surface area contributed by atoms with Crippen LogP contribution in [0.25, 0.3) is 0 Å². The second kappa shape index (κ2) is 3.43. The summed E-state index contributed by atoms with van der Waals surface area (Å²) >= 11 is 0. The fourth-order valence-corrected chi connectivity index (χ4v) is 0.303. The predicted molar refractivity (Wildman–Crippen MR) is 28.3 cm³/mol. The van der Waals surface area contributed by atoms with Crippen LogP contribution in [0.15, 0.2) is 0 Å². The first-order chi connectivity index (χ1) is 3.72. The van der Waals surface area contributed by atoms with Gasteiger partial charge in [0.05, 0.1) is 7.11 Å². The molecule has 0 aromatic heterocycles. The quantitative estimate of drug-likeness (QED) is 0.516. The van der Waals surface area contributed by atoms with Gasteiger partial charge in [-0.2, -0.15) is 0 Å². The highest BCUT2D eigenvalue weighted by Gasteiger charge is 2.10. The van der Waals surface area contributed by atoms with Gasteiger partial charge in [-0.25, -0.2) is 4.79 Å². The molecule has 0 aliphatic heterocycles. The Morgan fingerprint density at radius 2 is 2.38 bits per heavy atom. The molecule has 3 heteroatoms. The van der Waals surface area contributed by atoms with Gasteiger partial charge in [0.15, 0.2) is 6.10 Å². The number of hydrogen-bond donors (Lipinski definition) is 1. The van der Waals surface area contributed by atoms with Crippen molar-refractivity contribution in [2.75, 3.05) is 7.11 Å². The largest absolute Gasteiger partial charge is 0.467 e. The van der Waals surface area contributed by atoms with E-state index in [0.717, 1.165) is 0 Å². The lowest BCUT2D eigenvalue weighted by molar-refractivity contribution is -0.150. The van der Waals surface area contributed by atoms with E-state index in [9.17, 15) is 4.79 Å². The summed E-state index contributed by atoms with van der Waals surface area (Å²) in [5.41, 5.74) is 0. The maximum Gasteiger partial charge on any atom is 0.334 e. The summed E-state index contributed by atoms with van der Waals surface area (Å²) in [7, 11) is 1.25. The van der Waals surface area contributed by atoms with Gasteiger partial charge >= 0.3 is 5.97 Å². The Bertz CT molecular complexity index is 79.7. The fraction of sp³-hybridized carbons (Fsp3) is 0.800. The molecule has 0 aliphatic rings. The number of aliphatic hydroxyl groups excluding tert-OH is 1. The Morgan fingerprint density at radius 3 is 2.50 bits per heavy atom. The van der Waals surface area contributed by atoms with Crippen LogP contribution in [0.3, 0.4) is 0 Å². The van der Waals surface area contributed by atoms with Gasteiger partial charge in [0.1, 0.15) is 0 Å². The molecule has 0 rings (SSSR count). The summed E-state index contributed by atoms with van der Waals surface area (Å²) in [6, 6.07) is 0. The molecule has 0 saturated carbocycles. The minimum absolute atomic E-state index is 0.409. The third-order valence-corrected chi connectivity index (χ3v) is 0.860. The minimum Gasteiger partial charge on any atom is -0.467 e. The molecule has 0 bridgehead atoms. The standard InChI is InChI=1S/C5H10O3/c1-3-4(6)5(7)8-2/h4,6H,3H2,1-2H3/t4-/m0/s1. The third-order valence-electron chi connectivity index (χ3n) is 0.860. The first-order valence-electron chi connectivity index (χ1n) is 2.48. The zero-order valence-corrected chi connectivity index (χ0v) is 5.05. The number of ether oxygens (including phenoxy) is 1.